The van der Waals surface area contributed by atoms with Crippen LogP contribution in [0.5, 0.6) is 0 Å². The Hall–Kier alpha value is -3.20. The Balaban J connectivity index is 1.61. The summed E-state index contributed by atoms with van der Waals surface area (Å²) in [4.78, 5) is 27.8. The highest BCUT2D eigenvalue weighted by molar-refractivity contribution is 6.33. The molecule has 0 radical (unpaired) electrons. The number of nitrogens with one attached hydrogen (secondary N) is 1. The molecule has 1 aromatic carbocycles. The summed E-state index contributed by atoms with van der Waals surface area (Å²) in [5, 5.41) is 3.49. The van der Waals surface area contributed by atoms with Crippen LogP contribution in [0.1, 0.15) is 38.7 Å². The Morgan fingerprint density at radius 2 is 1.83 bits per heavy atom. The SMILES string of the molecule is CC[C@H](C)C(=O)NC1CCN(c2cnc(-c3ccc(C(F)(F)F)cc3)c(-c3ccncc3Cl)n2)CC1. The van der Waals surface area contributed by atoms with Crippen LogP contribution in [0, 0.1) is 5.92 Å². The number of nitrogens with zero attached hydrogens (tertiary/aromatic N) is 4. The van der Waals surface area contributed by atoms with Gasteiger partial charge in [-0.1, -0.05) is 37.6 Å². The molecule has 0 aliphatic carbocycles. The molecule has 36 heavy (non-hydrogen) atoms. The van der Waals surface area contributed by atoms with Crippen LogP contribution in [0.15, 0.2) is 48.9 Å². The van der Waals surface area contributed by atoms with Gasteiger partial charge in [-0.15, -0.1) is 0 Å². The van der Waals surface area contributed by atoms with E-state index < -0.39 is 11.7 Å². The van der Waals surface area contributed by atoms with Gasteiger partial charge in [0, 0.05) is 48.6 Å². The number of anilines is 1. The van der Waals surface area contributed by atoms with Gasteiger partial charge in [0.2, 0.25) is 5.91 Å². The lowest BCUT2D eigenvalue weighted by molar-refractivity contribution is -0.137. The molecule has 1 N–H and O–H groups in total. The van der Waals surface area contributed by atoms with Crippen molar-refractivity contribution in [1.29, 1.82) is 0 Å². The summed E-state index contributed by atoms with van der Waals surface area (Å²) in [6, 6.07) is 6.65. The lowest BCUT2D eigenvalue weighted by Gasteiger charge is -2.33. The van der Waals surface area contributed by atoms with Crippen molar-refractivity contribution in [1.82, 2.24) is 20.3 Å². The number of hydrogen-bond donors (Lipinski definition) is 1. The normalized spacial score (nSPS) is 15.6. The average Bonchev–Trinajstić information content (AvgIpc) is 2.88. The van der Waals surface area contributed by atoms with E-state index in [1.54, 1.807) is 18.5 Å². The molecule has 3 heterocycles. The number of hydrogen-bond acceptors (Lipinski definition) is 5. The number of rotatable bonds is 6. The highest BCUT2D eigenvalue weighted by Crippen LogP contribution is 2.36. The molecule has 1 amide bonds. The predicted molar refractivity (Wildman–Crippen MR) is 134 cm³/mol. The Bertz CT molecular complexity index is 1210. The number of benzene rings is 1. The van der Waals surface area contributed by atoms with Gasteiger partial charge in [-0.05, 0) is 37.5 Å². The quantitative estimate of drug-likeness (QED) is 0.433. The number of piperidine rings is 1. The Kier molecular flexibility index (Phi) is 7.78. The van der Waals surface area contributed by atoms with Gasteiger partial charge in [0.25, 0.3) is 0 Å². The fraction of sp³-hybridized carbons (Fsp3) is 0.385. The van der Waals surface area contributed by atoms with Crippen LogP contribution in [-0.4, -0.2) is 40.0 Å². The summed E-state index contributed by atoms with van der Waals surface area (Å²) >= 11 is 6.41. The van der Waals surface area contributed by atoms with E-state index in [9.17, 15) is 18.0 Å². The minimum atomic E-state index is -4.43. The topological polar surface area (TPSA) is 71.0 Å². The van der Waals surface area contributed by atoms with Gasteiger partial charge in [0.1, 0.15) is 11.5 Å². The minimum absolute atomic E-state index is 0.0145. The largest absolute Gasteiger partial charge is 0.416 e. The van der Waals surface area contributed by atoms with Crippen LogP contribution in [0.2, 0.25) is 5.02 Å². The minimum Gasteiger partial charge on any atom is -0.355 e. The van der Waals surface area contributed by atoms with Gasteiger partial charge >= 0.3 is 6.18 Å². The van der Waals surface area contributed by atoms with Gasteiger partial charge in [0.15, 0.2) is 0 Å². The van der Waals surface area contributed by atoms with Crippen molar-refractivity contribution in [2.75, 3.05) is 18.0 Å². The summed E-state index contributed by atoms with van der Waals surface area (Å²) in [7, 11) is 0. The second-order valence-electron chi connectivity index (χ2n) is 8.94. The maximum Gasteiger partial charge on any atom is 0.416 e. The first-order chi connectivity index (χ1) is 17.2. The summed E-state index contributed by atoms with van der Waals surface area (Å²) in [6.45, 7) is 5.28. The van der Waals surface area contributed by atoms with Crippen molar-refractivity contribution in [2.45, 2.75) is 45.3 Å². The van der Waals surface area contributed by atoms with Crippen LogP contribution in [0.4, 0.5) is 19.0 Å². The first-order valence-corrected chi connectivity index (χ1v) is 12.2. The molecular formula is C26H27ClF3N5O. The van der Waals surface area contributed by atoms with E-state index in [4.69, 9.17) is 16.6 Å². The second-order valence-corrected chi connectivity index (χ2v) is 9.34. The second kappa shape index (κ2) is 10.8. The van der Waals surface area contributed by atoms with E-state index in [1.165, 1.54) is 18.3 Å². The molecule has 1 aliphatic heterocycles. The first kappa shape index (κ1) is 25.9. The predicted octanol–water partition coefficient (Wildman–Crippen LogP) is 6.01. The first-order valence-electron chi connectivity index (χ1n) is 11.9. The van der Waals surface area contributed by atoms with E-state index in [-0.39, 0.29) is 17.9 Å². The van der Waals surface area contributed by atoms with Gasteiger partial charge in [-0.25, -0.2) is 4.98 Å². The lowest BCUT2D eigenvalue weighted by Crippen LogP contribution is -2.46. The zero-order valence-electron chi connectivity index (χ0n) is 20.0. The fourth-order valence-electron chi connectivity index (χ4n) is 4.10. The standard InChI is InChI=1S/C26H27ClF3N5O/c1-3-16(2)25(36)33-19-9-12-35(13-10-19)22-15-32-23(17-4-6-18(7-5-17)26(28,29)30)24(34-22)20-8-11-31-14-21(20)27/h4-8,11,14-16,19H,3,9-10,12-13H2,1-2H3,(H,33,36)/t16-/m0/s1. The summed E-state index contributed by atoms with van der Waals surface area (Å²) < 4.78 is 39.2. The van der Waals surface area contributed by atoms with E-state index in [0.29, 0.717) is 46.4 Å². The molecule has 0 bridgehead atoms. The summed E-state index contributed by atoms with van der Waals surface area (Å²) in [5.74, 6) is 0.700. The molecule has 1 aliphatic rings. The monoisotopic (exact) mass is 517 g/mol. The number of carbonyl (C=O) groups is 1. The highest BCUT2D eigenvalue weighted by Gasteiger charge is 2.30. The Morgan fingerprint density at radius 3 is 2.44 bits per heavy atom. The van der Waals surface area contributed by atoms with Crippen LogP contribution < -0.4 is 10.2 Å². The van der Waals surface area contributed by atoms with Crippen LogP contribution in [0.3, 0.4) is 0 Å². The highest BCUT2D eigenvalue weighted by atomic mass is 35.5. The number of aromatic nitrogens is 3. The molecular weight excluding hydrogens is 491 g/mol. The van der Waals surface area contributed by atoms with E-state index >= 15 is 0 Å². The Labute approximate surface area is 212 Å². The summed E-state index contributed by atoms with van der Waals surface area (Å²) in [6.07, 6.45) is 2.62. The maximum absolute atomic E-state index is 13.1. The van der Waals surface area contributed by atoms with Crippen LogP contribution in [-0.2, 0) is 11.0 Å². The third kappa shape index (κ3) is 5.78. The molecule has 3 aromatic rings. The maximum atomic E-state index is 13.1. The summed E-state index contributed by atoms with van der Waals surface area (Å²) in [5.41, 5.74) is 1.24. The zero-order chi connectivity index (χ0) is 25.9. The number of amides is 1. The average molecular weight is 518 g/mol. The number of pyridine rings is 1. The van der Waals surface area contributed by atoms with E-state index in [2.05, 4.69) is 20.2 Å². The molecule has 2 aromatic heterocycles. The smallest absolute Gasteiger partial charge is 0.355 e. The Morgan fingerprint density at radius 1 is 1.14 bits per heavy atom. The molecule has 0 unspecified atom stereocenters. The molecule has 0 saturated carbocycles. The number of alkyl halides is 3. The molecule has 1 atom stereocenters. The van der Waals surface area contributed by atoms with Crippen molar-refractivity contribution in [2.24, 2.45) is 5.92 Å². The molecule has 4 rings (SSSR count). The number of halogens is 4. The van der Waals surface area contributed by atoms with E-state index in [1.807, 2.05) is 13.8 Å². The van der Waals surface area contributed by atoms with Gasteiger partial charge in [-0.2, -0.15) is 13.2 Å². The van der Waals surface area contributed by atoms with Crippen LogP contribution in [0.25, 0.3) is 22.5 Å². The molecule has 0 spiro atoms. The lowest BCUT2D eigenvalue weighted by atomic mass is 10.0. The van der Waals surface area contributed by atoms with Gasteiger partial charge in [-0.3, -0.25) is 14.8 Å². The van der Waals surface area contributed by atoms with E-state index in [0.717, 1.165) is 31.4 Å². The van der Waals surface area contributed by atoms with Crippen molar-refractivity contribution < 1.29 is 18.0 Å². The van der Waals surface area contributed by atoms with Crippen molar-refractivity contribution in [3.8, 4) is 22.5 Å². The molecule has 6 nitrogen and oxygen atoms in total. The van der Waals surface area contributed by atoms with Crippen molar-refractivity contribution in [3.05, 3.63) is 59.5 Å². The molecule has 190 valence electrons. The van der Waals surface area contributed by atoms with Gasteiger partial charge in [0.05, 0.1) is 22.5 Å². The third-order valence-electron chi connectivity index (χ3n) is 6.50. The molecule has 1 saturated heterocycles. The molecule has 10 heteroatoms. The zero-order valence-corrected chi connectivity index (χ0v) is 20.8. The fourth-order valence-corrected chi connectivity index (χ4v) is 4.31. The van der Waals surface area contributed by atoms with Crippen molar-refractivity contribution >= 4 is 23.3 Å². The van der Waals surface area contributed by atoms with Crippen LogP contribution >= 0.6 is 11.6 Å². The van der Waals surface area contributed by atoms with Gasteiger partial charge < -0.3 is 10.2 Å². The number of carbonyl (C=O) groups excluding carboxylic acids is 1. The van der Waals surface area contributed by atoms with Crippen molar-refractivity contribution in [3.63, 3.8) is 0 Å². The third-order valence-corrected chi connectivity index (χ3v) is 6.80. The molecule has 1 fully saturated rings.